The summed E-state index contributed by atoms with van der Waals surface area (Å²) >= 11 is 0. The van der Waals surface area contributed by atoms with Gasteiger partial charge in [0.15, 0.2) is 5.65 Å². The Labute approximate surface area is 85.9 Å². The van der Waals surface area contributed by atoms with Gasteiger partial charge in [0.25, 0.3) is 0 Å². The van der Waals surface area contributed by atoms with Gasteiger partial charge < -0.3 is 4.74 Å². The predicted molar refractivity (Wildman–Crippen MR) is 53.8 cm³/mol. The molecule has 5 heteroatoms. The lowest BCUT2D eigenvalue weighted by molar-refractivity contribution is 0.378. The Kier molecular flexibility index (Phi) is 1.85. The van der Waals surface area contributed by atoms with Crippen molar-refractivity contribution in [1.29, 1.82) is 0 Å². The van der Waals surface area contributed by atoms with Crippen LogP contribution in [0.1, 0.15) is 6.42 Å². The van der Waals surface area contributed by atoms with E-state index in [1.165, 1.54) is 4.68 Å². The van der Waals surface area contributed by atoms with E-state index in [0.717, 1.165) is 13.0 Å². The van der Waals surface area contributed by atoms with Crippen LogP contribution in [0, 0.1) is 0 Å². The number of fused-ring (bicyclic) bond motifs is 1. The fraction of sp³-hybridized carbons (Fsp3) is 0.400. The van der Waals surface area contributed by atoms with Crippen molar-refractivity contribution in [2.45, 2.75) is 19.1 Å². The quantitative estimate of drug-likeness (QED) is 0.676. The number of nitrogens with zero attached hydrogens (tertiary/aromatic N) is 3. The van der Waals surface area contributed by atoms with Gasteiger partial charge in [0, 0.05) is 12.7 Å². The molecule has 1 aliphatic rings. The summed E-state index contributed by atoms with van der Waals surface area (Å²) in [7, 11) is 0. The lowest BCUT2D eigenvalue weighted by Crippen LogP contribution is -2.21. The Bertz CT molecular complexity index is 539. The van der Waals surface area contributed by atoms with Crippen LogP contribution in [0.5, 0.6) is 0 Å². The summed E-state index contributed by atoms with van der Waals surface area (Å²) in [5, 5.41) is 4.22. The van der Waals surface area contributed by atoms with Crippen LogP contribution in [0.25, 0.3) is 5.65 Å². The van der Waals surface area contributed by atoms with Crippen molar-refractivity contribution in [1.82, 2.24) is 14.2 Å². The van der Waals surface area contributed by atoms with Crippen molar-refractivity contribution in [2.24, 2.45) is 0 Å². The monoisotopic (exact) mass is 205 g/mol. The number of hydrogen-bond acceptors (Lipinski definition) is 3. The summed E-state index contributed by atoms with van der Waals surface area (Å²) in [6.07, 6.45) is 2.93. The van der Waals surface area contributed by atoms with E-state index >= 15 is 0 Å². The Morgan fingerprint density at radius 1 is 1.53 bits per heavy atom. The van der Waals surface area contributed by atoms with Crippen LogP contribution in [-0.2, 0) is 11.3 Å². The maximum Gasteiger partial charge on any atom is 0.350 e. The minimum absolute atomic E-state index is 0.0775. The van der Waals surface area contributed by atoms with E-state index in [9.17, 15) is 4.79 Å². The molecule has 5 nitrogen and oxygen atoms in total. The largest absolute Gasteiger partial charge is 0.373 e. The normalized spacial score (nSPS) is 19.6. The first kappa shape index (κ1) is 8.67. The number of epoxide rings is 1. The first-order valence-corrected chi connectivity index (χ1v) is 5.00. The Morgan fingerprint density at radius 3 is 3.13 bits per heavy atom. The van der Waals surface area contributed by atoms with Gasteiger partial charge in [0.05, 0.1) is 12.7 Å². The lowest BCUT2D eigenvalue weighted by atomic mass is 10.3. The average Bonchev–Trinajstić information content (AvgIpc) is 3.03. The Hall–Kier alpha value is -1.62. The first-order chi connectivity index (χ1) is 7.34. The second kappa shape index (κ2) is 3.20. The van der Waals surface area contributed by atoms with E-state index in [1.807, 2.05) is 18.2 Å². The van der Waals surface area contributed by atoms with Crippen molar-refractivity contribution in [3.8, 4) is 0 Å². The smallest absolute Gasteiger partial charge is 0.350 e. The molecular weight excluding hydrogens is 194 g/mol. The molecule has 2 aromatic rings. The molecule has 0 spiro atoms. The minimum Gasteiger partial charge on any atom is -0.373 e. The summed E-state index contributed by atoms with van der Waals surface area (Å²) in [5.74, 6) is 0. The lowest BCUT2D eigenvalue weighted by Gasteiger charge is -1.94. The molecule has 0 unspecified atom stereocenters. The SMILES string of the molecule is O=c1n(CC[C@H]2CO2)nc2ccccn12. The molecule has 2 aromatic heterocycles. The third-order valence-electron chi connectivity index (χ3n) is 2.55. The topological polar surface area (TPSA) is 51.8 Å². The number of pyridine rings is 1. The highest BCUT2D eigenvalue weighted by Crippen LogP contribution is 2.13. The summed E-state index contributed by atoms with van der Waals surface area (Å²) in [6.45, 7) is 1.45. The van der Waals surface area contributed by atoms with Crippen molar-refractivity contribution in [3.63, 3.8) is 0 Å². The molecule has 0 radical (unpaired) electrons. The molecule has 0 aromatic carbocycles. The van der Waals surface area contributed by atoms with Crippen LogP contribution in [0.3, 0.4) is 0 Å². The fourth-order valence-electron chi connectivity index (χ4n) is 1.61. The summed E-state index contributed by atoms with van der Waals surface area (Å²) in [5.41, 5.74) is 0.616. The van der Waals surface area contributed by atoms with Crippen LogP contribution >= 0.6 is 0 Å². The van der Waals surface area contributed by atoms with E-state index in [2.05, 4.69) is 5.10 Å². The molecule has 15 heavy (non-hydrogen) atoms. The third kappa shape index (κ3) is 1.55. The van der Waals surface area contributed by atoms with E-state index in [1.54, 1.807) is 10.6 Å². The van der Waals surface area contributed by atoms with Gasteiger partial charge in [0.1, 0.15) is 0 Å². The minimum atomic E-state index is -0.0775. The molecule has 1 aliphatic heterocycles. The van der Waals surface area contributed by atoms with Crippen LogP contribution in [0.2, 0.25) is 0 Å². The van der Waals surface area contributed by atoms with Crippen molar-refractivity contribution >= 4 is 5.65 Å². The zero-order valence-corrected chi connectivity index (χ0v) is 8.17. The zero-order valence-electron chi connectivity index (χ0n) is 8.17. The highest BCUT2D eigenvalue weighted by molar-refractivity contribution is 5.35. The number of hydrogen-bond donors (Lipinski definition) is 0. The highest BCUT2D eigenvalue weighted by Gasteiger charge is 2.22. The van der Waals surface area contributed by atoms with E-state index in [4.69, 9.17) is 4.74 Å². The van der Waals surface area contributed by atoms with Crippen LogP contribution in [-0.4, -0.2) is 26.9 Å². The molecule has 3 heterocycles. The van der Waals surface area contributed by atoms with Crippen molar-refractivity contribution in [3.05, 3.63) is 34.9 Å². The van der Waals surface area contributed by atoms with E-state index < -0.39 is 0 Å². The van der Waals surface area contributed by atoms with Gasteiger partial charge in [-0.1, -0.05) is 6.07 Å². The number of aryl methyl sites for hydroxylation is 1. The average molecular weight is 205 g/mol. The highest BCUT2D eigenvalue weighted by atomic mass is 16.6. The van der Waals surface area contributed by atoms with Crippen LogP contribution in [0.15, 0.2) is 29.2 Å². The van der Waals surface area contributed by atoms with Gasteiger partial charge in [0.2, 0.25) is 0 Å². The summed E-state index contributed by atoms with van der Waals surface area (Å²) < 4.78 is 8.14. The molecule has 0 saturated carbocycles. The second-order valence-corrected chi connectivity index (χ2v) is 3.68. The van der Waals surface area contributed by atoms with Crippen LogP contribution < -0.4 is 5.69 Å². The standard InChI is InChI=1S/C10H11N3O2/c14-10-12-5-2-1-3-9(12)11-13(10)6-4-8-7-15-8/h1-3,5,8H,4,6-7H2/t8-/m0/s1. The molecule has 78 valence electrons. The molecule has 0 N–H and O–H groups in total. The van der Waals surface area contributed by atoms with Gasteiger partial charge in [-0.15, -0.1) is 5.10 Å². The molecule has 0 bridgehead atoms. The van der Waals surface area contributed by atoms with Gasteiger partial charge in [-0.25, -0.2) is 9.48 Å². The molecule has 1 fully saturated rings. The third-order valence-corrected chi connectivity index (χ3v) is 2.55. The van der Waals surface area contributed by atoms with Gasteiger partial charge >= 0.3 is 5.69 Å². The molecule has 1 saturated heterocycles. The van der Waals surface area contributed by atoms with Gasteiger partial charge in [-0.05, 0) is 18.6 Å². The van der Waals surface area contributed by atoms with Crippen LogP contribution in [0.4, 0.5) is 0 Å². The molecule has 3 rings (SSSR count). The summed E-state index contributed by atoms with van der Waals surface area (Å²) in [6, 6.07) is 5.52. The van der Waals surface area contributed by atoms with Gasteiger partial charge in [-0.2, -0.15) is 0 Å². The number of rotatable bonds is 3. The molecule has 0 aliphatic carbocycles. The Morgan fingerprint density at radius 2 is 2.40 bits per heavy atom. The molecule has 1 atom stereocenters. The first-order valence-electron chi connectivity index (χ1n) is 5.00. The van der Waals surface area contributed by atoms with Crippen molar-refractivity contribution < 1.29 is 4.74 Å². The van der Waals surface area contributed by atoms with E-state index in [-0.39, 0.29) is 5.69 Å². The maximum atomic E-state index is 11.8. The molecule has 0 amide bonds. The number of ether oxygens (including phenoxy) is 1. The van der Waals surface area contributed by atoms with E-state index in [0.29, 0.717) is 18.3 Å². The fourth-order valence-corrected chi connectivity index (χ4v) is 1.61. The number of aromatic nitrogens is 3. The molecular formula is C10H11N3O2. The Balaban J connectivity index is 1.95. The van der Waals surface area contributed by atoms with Gasteiger partial charge in [-0.3, -0.25) is 4.40 Å². The van der Waals surface area contributed by atoms with Crippen molar-refractivity contribution in [2.75, 3.05) is 6.61 Å². The zero-order chi connectivity index (χ0) is 10.3. The summed E-state index contributed by atoms with van der Waals surface area (Å²) in [4.78, 5) is 11.8. The predicted octanol–water partition coefficient (Wildman–Crippen LogP) is 0.285. The second-order valence-electron chi connectivity index (χ2n) is 3.68. The maximum absolute atomic E-state index is 11.8.